The highest BCUT2D eigenvalue weighted by molar-refractivity contribution is 7.71. The van der Waals surface area contributed by atoms with Crippen LogP contribution in [-0.4, -0.2) is 9.55 Å². The van der Waals surface area contributed by atoms with Crippen molar-refractivity contribution in [1.82, 2.24) is 9.55 Å². The van der Waals surface area contributed by atoms with E-state index in [1.165, 1.54) is 0 Å². The lowest BCUT2D eigenvalue weighted by atomic mass is 10.2. The normalized spacial score (nSPS) is 11.2. The first-order valence-corrected chi connectivity index (χ1v) is 7.09. The van der Waals surface area contributed by atoms with E-state index < -0.39 is 0 Å². The van der Waals surface area contributed by atoms with Crippen LogP contribution in [0.25, 0.3) is 10.2 Å². The third-order valence-electron chi connectivity index (χ3n) is 2.78. The summed E-state index contributed by atoms with van der Waals surface area (Å²) in [7, 11) is 0. The van der Waals surface area contributed by atoms with Crippen molar-refractivity contribution < 1.29 is 0 Å². The van der Waals surface area contributed by atoms with Gasteiger partial charge in [0, 0.05) is 11.4 Å². The molecule has 2 rings (SSSR count). The fraction of sp³-hybridized carbons (Fsp3) is 0.500. The van der Waals surface area contributed by atoms with E-state index in [-0.39, 0.29) is 5.56 Å². The van der Waals surface area contributed by atoms with Crippen LogP contribution in [0.15, 0.2) is 10.9 Å². The van der Waals surface area contributed by atoms with Crippen molar-refractivity contribution >= 4 is 33.8 Å². The van der Waals surface area contributed by atoms with E-state index in [1.807, 2.05) is 13.0 Å². The Bertz CT molecular complexity index is 636. The Morgan fingerprint density at radius 1 is 1.47 bits per heavy atom. The van der Waals surface area contributed by atoms with E-state index in [2.05, 4.69) is 11.9 Å². The molecule has 1 N–H and O–H groups in total. The average Bonchev–Trinajstić information content (AvgIpc) is 2.64. The van der Waals surface area contributed by atoms with Gasteiger partial charge in [-0.15, -0.1) is 11.3 Å². The highest BCUT2D eigenvalue weighted by atomic mass is 32.1. The van der Waals surface area contributed by atoms with E-state index in [0.717, 1.165) is 34.4 Å². The second kappa shape index (κ2) is 5.14. The van der Waals surface area contributed by atoms with Crippen molar-refractivity contribution in [3.05, 3.63) is 26.1 Å². The Balaban J connectivity index is 2.48. The van der Waals surface area contributed by atoms with Crippen LogP contribution in [-0.2, 0) is 6.54 Å². The van der Waals surface area contributed by atoms with Crippen molar-refractivity contribution in [3.8, 4) is 0 Å². The minimum absolute atomic E-state index is 0.0456. The Morgan fingerprint density at radius 2 is 2.24 bits per heavy atom. The topological polar surface area (TPSA) is 37.8 Å². The predicted molar refractivity (Wildman–Crippen MR) is 75.5 cm³/mol. The zero-order chi connectivity index (χ0) is 12.4. The second-order valence-corrected chi connectivity index (χ2v) is 5.84. The molecule has 0 aliphatic rings. The molecule has 0 fully saturated rings. The number of rotatable bonds is 4. The quantitative estimate of drug-likeness (QED) is 0.679. The first-order chi connectivity index (χ1) is 8.13. The Morgan fingerprint density at radius 3 is 2.94 bits per heavy atom. The van der Waals surface area contributed by atoms with E-state index in [9.17, 15) is 4.79 Å². The third kappa shape index (κ3) is 2.50. The van der Waals surface area contributed by atoms with Gasteiger partial charge in [-0.25, -0.2) is 0 Å². The fourth-order valence-electron chi connectivity index (χ4n) is 1.89. The number of nitrogens with one attached hydrogen (secondary N) is 1. The summed E-state index contributed by atoms with van der Waals surface area (Å²) in [6.07, 6.45) is 3.27. The van der Waals surface area contributed by atoms with Gasteiger partial charge >= 0.3 is 0 Å². The zero-order valence-corrected chi connectivity index (χ0v) is 11.7. The summed E-state index contributed by atoms with van der Waals surface area (Å²) < 4.78 is 2.22. The molecule has 92 valence electrons. The summed E-state index contributed by atoms with van der Waals surface area (Å²) in [6, 6.07) is 1.93. The lowest BCUT2D eigenvalue weighted by Gasteiger charge is -2.05. The molecule has 0 radical (unpaired) electrons. The highest BCUT2D eigenvalue weighted by Gasteiger charge is 2.07. The molecule has 2 aromatic heterocycles. The molecule has 0 spiro atoms. The first-order valence-electron chi connectivity index (χ1n) is 5.86. The van der Waals surface area contributed by atoms with Crippen molar-refractivity contribution in [2.75, 3.05) is 0 Å². The largest absolute Gasteiger partial charge is 0.323 e. The molecule has 0 aliphatic carbocycles. The lowest BCUT2D eigenvalue weighted by Crippen LogP contribution is -2.21. The van der Waals surface area contributed by atoms with E-state index >= 15 is 0 Å². The summed E-state index contributed by atoms with van der Waals surface area (Å²) in [5.74, 6) is 0. The van der Waals surface area contributed by atoms with Crippen molar-refractivity contribution in [3.63, 3.8) is 0 Å². The van der Waals surface area contributed by atoms with Gasteiger partial charge in [-0.3, -0.25) is 9.36 Å². The zero-order valence-electron chi connectivity index (χ0n) is 10.1. The summed E-state index contributed by atoms with van der Waals surface area (Å²) >= 11 is 6.82. The number of aryl methyl sites for hydroxylation is 1. The number of hydrogen-bond donors (Lipinski definition) is 1. The van der Waals surface area contributed by atoms with Crippen LogP contribution >= 0.6 is 23.6 Å². The number of H-pyrrole nitrogens is 1. The van der Waals surface area contributed by atoms with Gasteiger partial charge < -0.3 is 4.98 Å². The molecule has 0 aliphatic heterocycles. The monoisotopic (exact) mass is 268 g/mol. The number of nitrogens with zero attached hydrogens (tertiary/aromatic N) is 1. The Labute approximate surface area is 109 Å². The molecule has 0 saturated heterocycles. The molecule has 0 bridgehead atoms. The van der Waals surface area contributed by atoms with Crippen LogP contribution in [0.5, 0.6) is 0 Å². The minimum atomic E-state index is 0.0456. The van der Waals surface area contributed by atoms with Crippen LogP contribution in [0, 0.1) is 11.7 Å². The van der Waals surface area contributed by atoms with Crippen molar-refractivity contribution in [1.29, 1.82) is 0 Å². The molecule has 0 saturated carbocycles. The molecule has 5 heteroatoms. The summed E-state index contributed by atoms with van der Waals surface area (Å²) in [6.45, 7) is 4.87. The SMILES string of the molecule is CCCCCn1c(=S)[nH]c2sc(C)cc2c1=O. The number of hydrogen-bond acceptors (Lipinski definition) is 3. The van der Waals surface area contributed by atoms with E-state index in [4.69, 9.17) is 12.2 Å². The fourth-order valence-corrected chi connectivity index (χ4v) is 3.13. The predicted octanol–water partition coefficient (Wildman–Crippen LogP) is 3.62. The van der Waals surface area contributed by atoms with Gasteiger partial charge in [0.15, 0.2) is 4.77 Å². The van der Waals surface area contributed by atoms with Gasteiger partial charge in [0.25, 0.3) is 5.56 Å². The molecule has 17 heavy (non-hydrogen) atoms. The molecule has 0 atom stereocenters. The molecular weight excluding hydrogens is 252 g/mol. The molecule has 0 unspecified atom stereocenters. The Hall–Kier alpha value is -0.940. The molecule has 0 amide bonds. The molecule has 3 nitrogen and oxygen atoms in total. The second-order valence-electron chi connectivity index (χ2n) is 4.19. The summed E-state index contributed by atoms with van der Waals surface area (Å²) in [5.41, 5.74) is 0.0456. The molecule has 0 aromatic carbocycles. The number of fused-ring (bicyclic) bond motifs is 1. The molecule has 2 aromatic rings. The maximum atomic E-state index is 12.2. The van der Waals surface area contributed by atoms with Gasteiger partial charge in [-0.05, 0) is 31.6 Å². The van der Waals surface area contributed by atoms with Gasteiger partial charge in [0.1, 0.15) is 4.83 Å². The standard InChI is InChI=1S/C12H16N2OS2/c1-3-4-5-6-14-11(15)9-7-8(2)17-10(9)13-12(14)16/h7H,3-6H2,1-2H3,(H,13,16). The van der Waals surface area contributed by atoms with Gasteiger partial charge in [-0.1, -0.05) is 19.8 Å². The van der Waals surface area contributed by atoms with E-state index in [1.54, 1.807) is 15.9 Å². The van der Waals surface area contributed by atoms with Crippen LogP contribution in [0.2, 0.25) is 0 Å². The average molecular weight is 268 g/mol. The van der Waals surface area contributed by atoms with Gasteiger partial charge in [-0.2, -0.15) is 0 Å². The lowest BCUT2D eigenvalue weighted by molar-refractivity contribution is 0.578. The Kier molecular flexibility index (Phi) is 3.79. The maximum Gasteiger partial charge on any atom is 0.263 e. The van der Waals surface area contributed by atoms with Crippen LogP contribution < -0.4 is 5.56 Å². The molecular formula is C12H16N2OS2. The first kappa shape index (κ1) is 12.5. The number of aromatic nitrogens is 2. The third-order valence-corrected chi connectivity index (χ3v) is 4.07. The van der Waals surface area contributed by atoms with Crippen LogP contribution in [0.1, 0.15) is 31.1 Å². The number of aromatic amines is 1. The smallest absolute Gasteiger partial charge is 0.263 e. The maximum absolute atomic E-state index is 12.2. The van der Waals surface area contributed by atoms with Gasteiger partial charge in [0.05, 0.1) is 5.39 Å². The highest BCUT2D eigenvalue weighted by Crippen LogP contribution is 2.19. The number of thiophene rings is 1. The molecule has 2 heterocycles. The van der Waals surface area contributed by atoms with Crippen molar-refractivity contribution in [2.45, 2.75) is 39.7 Å². The van der Waals surface area contributed by atoms with Gasteiger partial charge in [0.2, 0.25) is 0 Å². The van der Waals surface area contributed by atoms with Crippen LogP contribution in [0.4, 0.5) is 0 Å². The summed E-state index contributed by atoms with van der Waals surface area (Å²) in [5, 5.41) is 0.762. The number of unbranched alkanes of at least 4 members (excludes halogenated alkanes) is 2. The van der Waals surface area contributed by atoms with Crippen molar-refractivity contribution in [2.24, 2.45) is 0 Å². The van der Waals surface area contributed by atoms with Crippen LogP contribution in [0.3, 0.4) is 0 Å². The summed E-state index contributed by atoms with van der Waals surface area (Å²) in [4.78, 5) is 17.4. The van der Waals surface area contributed by atoms with E-state index in [0.29, 0.717) is 11.3 Å². The minimum Gasteiger partial charge on any atom is -0.323 e.